The first kappa shape index (κ1) is 16.5. The van der Waals surface area contributed by atoms with Crippen LogP contribution in [-0.4, -0.2) is 34.6 Å². The Kier molecular flexibility index (Phi) is 5.73. The Bertz CT molecular complexity index is 643. The smallest absolute Gasteiger partial charge is 0.233 e. The third-order valence-corrected chi connectivity index (χ3v) is 6.11. The number of aromatic nitrogens is 1. The van der Waals surface area contributed by atoms with E-state index in [1.807, 2.05) is 4.90 Å². The second kappa shape index (κ2) is 7.97. The van der Waals surface area contributed by atoms with Crippen LogP contribution in [-0.2, 0) is 4.79 Å². The number of likely N-dealkylation sites (tertiary alicyclic amines) is 1. The zero-order valence-corrected chi connectivity index (χ0v) is 15.1. The van der Waals surface area contributed by atoms with Crippen molar-refractivity contribution >= 4 is 29.0 Å². The van der Waals surface area contributed by atoms with E-state index in [0.29, 0.717) is 5.75 Å². The van der Waals surface area contributed by atoms with Crippen molar-refractivity contribution in [2.24, 2.45) is 0 Å². The Morgan fingerprint density at radius 2 is 1.87 bits per heavy atom. The predicted molar refractivity (Wildman–Crippen MR) is 98.1 cm³/mol. The molecule has 3 nitrogen and oxygen atoms in total. The molecule has 5 heteroatoms. The van der Waals surface area contributed by atoms with Gasteiger partial charge in [-0.25, -0.2) is 4.98 Å². The second-order valence-electron chi connectivity index (χ2n) is 5.95. The van der Waals surface area contributed by atoms with Crippen LogP contribution in [0.15, 0.2) is 34.0 Å². The van der Waals surface area contributed by atoms with E-state index in [9.17, 15) is 4.79 Å². The minimum absolute atomic E-state index is 0.254. The van der Waals surface area contributed by atoms with Crippen LogP contribution < -0.4 is 0 Å². The van der Waals surface area contributed by atoms with E-state index in [4.69, 9.17) is 0 Å². The lowest BCUT2D eigenvalue weighted by molar-refractivity contribution is -0.128. The summed E-state index contributed by atoms with van der Waals surface area (Å²) in [7, 11) is 0. The molecule has 1 amide bonds. The van der Waals surface area contributed by atoms with Gasteiger partial charge in [0.2, 0.25) is 5.91 Å². The van der Waals surface area contributed by atoms with Crippen molar-refractivity contribution in [1.82, 2.24) is 9.88 Å². The van der Waals surface area contributed by atoms with Crippen LogP contribution in [0, 0.1) is 6.92 Å². The number of aryl methyl sites for hydroxylation is 1. The number of benzene rings is 1. The zero-order chi connectivity index (χ0) is 16.1. The zero-order valence-electron chi connectivity index (χ0n) is 13.5. The maximum absolute atomic E-state index is 12.3. The van der Waals surface area contributed by atoms with E-state index in [1.54, 1.807) is 23.1 Å². The number of carbonyl (C=O) groups excluding carboxylic acids is 1. The summed E-state index contributed by atoms with van der Waals surface area (Å²) >= 11 is 3.19. The Morgan fingerprint density at radius 1 is 1.17 bits per heavy atom. The molecule has 0 bridgehead atoms. The first-order valence-corrected chi connectivity index (χ1v) is 10.0. The van der Waals surface area contributed by atoms with Crippen molar-refractivity contribution in [1.29, 1.82) is 0 Å². The third kappa shape index (κ3) is 4.58. The second-order valence-corrected chi connectivity index (χ2v) is 8.03. The quantitative estimate of drug-likeness (QED) is 0.758. The summed E-state index contributed by atoms with van der Waals surface area (Å²) in [5.74, 6) is 0.755. The molecule has 0 N–H and O–H groups in total. The van der Waals surface area contributed by atoms with Crippen molar-refractivity contribution in [3.63, 3.8) is 0 Å². The van der Waals surface area contributed by atoms with Crippen molar-refractivity contribution in [3.8, 4) is 11.3 Å². The molecule has 1 saturated heterocycles. The Hall–Kier alpha value is -1.33. The molecule has 0 spiro atoms. The van der Waals surface area contributed by atoms with Crippen molar-refractivity contribution < 1.29 is 4.79 Å². The molecule has 122 valence electrons. The number of nitrogens with zero attached hydrogens (tertiary/aromatic N) is 2. The van der Waals surface area contributed by atoms with Crippen molar-refractivity contribution in [2.75, 3.05) is 18.8 Å². The fourth-order valence-corrected chi connectivity index (χ4v) is 4.45. The van der Waals surface area contributed by atoms with Crippen LogP contribution in [0.4, 0.5) is 0 Å². The first-order valence-electron chi connectivity index (χ1n) is 8.15. The van der Waals surface area contributed by atoms with E-state index in [2.05, 4.69) is 41.6 Å². The number of amides is 1. The largest absolute Gasteiger partial charge is 0.342 e. The van der Waals surface area contributed by atoms with Gasteiger partial charge in [0.15, 0.2) is 4.34 Å². The summed E-state index contributed by atoms with van der Waals surface area (Å²) in [4.78, 5) is 19.0. The highest BCUT2D eigenvalue weighted by molar-refractivity contribution is 8.01. The van der Waals surface area contributed by atoms with E-state index >= 15 is 0 Å². The molecular formula is C18H22N2OS2. The molecule has 2 aromatic rings. The maximum Gasteiger partial charge on any atom is 0.233 e. The molecule has 0 aliphatic carbocycles. The van der Waals surface area contributed by atoms with Crippen molar-refractivity contribution in [3.05, 3.63) is 35.2 Å². The fraction of sp³-hybridized carbons (Fsp3) is 0.444. The van der Waals surface area contributed by atoms with Crippen LogP contribution in [0.25, 0.3) is 11.3 Å². The van der Waals surface area contributed by atoms with Gasteiger partial charge >= 0.3 is 0 Å². The standard InChI is InChI=1S/C18H22N2OS2/c1-14-6-8-15(9-7-14)16-12-22-18(19-16)23-13-17(21)20-10-4-2-3-5-11-20/h6-9,12H,2-5,10-11,13H2,1H3. The normalized spacial score (nSPS) is 15.4. The minimum Gasteiger partial charge on any atom is -0.342 e. The molecule has 23 heavy (non-hydrogen) atoms. The van der Waals surface area contributed by atoms with Gasteiger partial charge in [-0.1, -0.05) is 54.4 Å². The van der Waals surface area contributed by atoms with Crippen molar-refractivity contribution in [2.45, 2.75) is 36.9 Å². The summed E-state index contributed by atoms with van der Waals surface area (Å²) in [5, 5.41) is 2.07. The lowest BCUT2D eigenvalue weighted by Crippen LogP contribution is -2.33. The predicted octanol–water partition coefficient (Wildman–Crippen LogP) is 4.61. The van der Waals surface area contributed by atoms with Gasteiger partial charge in [-0.2, -0.15) is 0 Å². The van der Waals surface area contributed by atoms with Gasteiger partial charge in [0.1, 0.15) is 0 Å². The van der Waals surface area contributed by atoms with Gasteiger partial charge in [-0.15, -0.1) is 11.3 Å². The van der Waals surface area contributed by atoms with Gasteiger partial charge in [-0.05, 0) is 19.8 Å². The third-order valence-electron chi connectivity index (χ3n) is 4.11. The minimum atomic E-state index is 0.254. The first-order chi connectivity index (χ1) is 11.2. The van der Waals surface area contributed by atoms with Crippen LogP contribution in [0.1, 0.15) is 31.2 Å². The average molecular weight is 347 g/mol. The Labute approximate surface area is 146 Å². The van der Waals surface area contributed by atoms with Gasteiger partial charge in [0, 0.05) is 24.0 Å². The lowest BCUT2D eigenvalue weighted by Gasteiger charge is -2.19. The number of rotatable bonds is 4. The van der Waals surface area contributed by atoms with Crippen LogP contribution in [0.3, 0.4) is 0 Å². The van der Waals surface area contributed by atoms with Crippen LogP contribution in [0.2, 0.25) is 0 Å². The summed E-state index contributed by atoms with van der Waals surface area (Å²) < 4.78 is 0.976. The van der Waals surface area contributed by atoms with E-state index < -0.39 is 0 Å². The summed E-state index contributed by atoms with van der Waals surface area (Å²) in [5.41, 5.74) is 3.39. The molecule has 0 unspecified atom stereocenters. The maximum atomic E-state index is 12.3. The molecule has 1 aliphatic heterocycles. The number of carbonyl (C=O) groups is 1. The number of hydrogen-bond donors (Lipinski definition) is 0. The summed E-state index contributed by atoms with van der Waals surface area (Å²) in [6.45, 7) is 3.93. The molecule has 3 rings (SSSR count). The van der Waals surface area contributed by atoms with Gasteiger partial charge in [0.25, 0.3) is 0 Å². The molecule has 2 heterocycles. The van der Waals surface area contributed by atoms with E-state index in [1.165, 1.54) is 18.4 Å². The average Bonchev–Trinajstić information content (AvgIpc) is 2.86. The van der Waals surface area contributed by atoms with Gasteiger partial charge in [-0.3, -0.25) is 4.79 Å². The summed E-state index contributed by atoms with van der Waals surface area (Å²) in [6, 6.07) is 8.40. The van der Waals surface area contributed by atoms with Gasteiger partial charge < -0.3 is 4.90 Å². The lowest BCUT2D eigenvalue weighted by atomic mass is 10.1. The molecule has 0 atom stereocenters. The number of thiazole rings is 1. The number of thioether (sulfide) groups is 1. The van der Waals surface area contributed by atoms with E-state index in [0.717, 1.165) is 41.5 Å². The molecule has 0 radical (unpaired) electrons. The molecular weight excluding hydrogens is 324 g/mol. The van der Waals surface area contributed by atoms with E-state index in [-0.39, 0.29) is 5.91 Å². The Balaban J connectivity index is 1.56. The fourth-order valence-electron chi connectivity index (χ4n) is 2.72. The SMILES string of the molecule is Cc1ccc(-c2csc(SCC(=O)N3CCCCCC3)n2)cc1. The molecule has 1 aromatic carbocycles. The summed E-state index contributed by atoms with van der Waals surface area (Å²) in [6.07, 6.45) is 4.79. The van der Waals surface area contributed by atoms with Gasteiger partial charge in [0.05, 0.1) is 11.4 Å². The molecule has 1 aliphatic rings. The molecule has 1 fully saturated rings. The highest BCUT2D eigenvalue weighted by atomic mass is 32.2. The highest BCUT2D eigenvalue weighted by Gasteiger charge is 2.16. The monoisotopic (exact) mass is 346 g/mol. The Morgan fingerprint density at radius 3 is 2.57 bits per heavy atom. The van der Waals surface area contributed by atoms with Crippen LogP contribution >= 0.6 is 23.1 Å². The molecule has 0 saturated carbocycles. The topological polar surface area (TPSA) is 33.2 Å². The molecule has 1 aromatic heterocycles. The number of hydrogen-bond acceptors (Lipinski definition) is 4. The van der Waals surface area contributed by atoms with Crippen LogP contribution in [0.5, 0.6) is 0 Å². The highest BCUT2D eigenvalue weighted by Crippen LogP contribution is 2.28.